The van der Waals surface area contributed by atoms with Gasteiger partial charge in [0.05, 0.1) is 19.2 Å². The van der Waals surface area contributed by atoms with Crippen LogP contribution >= 0.6 is 0 Å². The maximum absolute atomic E-state index is 11.7. The van der Waals surface area contributed by atoms with E-state index in [0.29, 0.717) is 18.1 Å². The van der Waals surface area contributed by atoms with Gasteiger partial charge in [0.15, 0.2) is 11.5 Å². The Balaban J connectivity index is 1.74. The maximum atomic E-state index is 11.7. The lowest BCUT2D eigenvalue weighted by Gasteiger charge is -2.19. The Hall–Kier alpha value is -3.73. The third-order valence-corrected chi connectivity index (χ3v) is 5.79. The van der Waals surface area contributed by atoms with Crippen LogP contribution in [0.1, 0.15) is 37.5 Å². The highest BCUT2D eigenvalue weighted by Gasteiger charge is 2.20. The first-order valence-electron chi connectivity index (χ1n) is 11.0. The lowest BCUT2D eigenvalue weighted by Crippen LogP contribution is -2.10. The van der Waals surface area contributed by atoms with Crippen molar-refractivity contribution in [2.45, 2.75) is 39.2 Å². The molecule has 0 radical (unpaired) electrons. The minimum atomic E-state index is -0.868. The van der Waals surface area contributed by atoms with Crippen LogP contribution in [0, 0.1) is 0 Å². The largest absolute Gasteiger partial charge is 0.493 e. The van der Waals surface area contributed by atoms with Crippen molar-refractivity contribution >= 4 is 16.9 Å². The molecule has 1 heterocycles. The molecule has 5 nitrogen and oxygen atoms in total. The van der Waals surface area contributed by atoms with Crippen molar-refractivity contribution in [3.63, 3.8) is 0 Å². The topological polar surface area (TPSA) is 71.6 Å². The molecule has 0 amide bonds. The fourth-order valence-electron chi connectivity index (χ4n) is 3.97. The van der Waals surface area contributed by atoms with Crippen LogP contribution in [0.5, 0.6) is 11.5 Å². The van der Waals surface area contributed by atoms with E-state index in [1.165, 1.54) is 0 Å². The molecule has 4 aromatic rings. The molecular formula is C28H29NO4. The SMILES string of the molecule is COc1cc(-c2[nH]c3ccc(C(C)(C)C)cc3c2CC(=O)O)ccc1OCc1ccccc1. The standard InChI is InChI=1S/C28H29NO4/c1-28(2,3)20-11-12-23-21(15-20)22(16-26(30)31)27(29-23)19-10-13-24(25(14-19)32-4)33-17-18-8-6-5-7-9-18/h5-15,29H,16-17H2,1-4H3,(H,30,31). The molecule has 0 spiro atoms. The summed E-state index contributed by atoms with van der Waals surface area (Å²) < 4.78 is 11.6. The van der Waals surface area contributed by atoms with Crippen LogP contribution in [0.4, 0.5) is 0 Å². The quantitative estimate of drug-likeness (QED) is 0.349. The first kappa shape index (κ1) is 22.5. The lowest BCUT2D eigenvalue weighted by molar-refractivity contribution is -0.136. The van der Waals surface area contributed by atoms with Crippen molar-refractivity contribution < 1.29 is 19.4 Å². The van der Waals surface area contributed by atoms with Crippen LogP contribution in [0.25, 0.3) is 22.2 Å². The van der Waals surface area contributed by atoms with Gasteiger partial charge >= 0.3 is 5.97 Å². The van der Waals surface area contributed by atoms with Crippen LogP contribution in [0.3, 0.4) is 0 Å². The van der Waals surface area contributed by atoms with Gasteiger partial charge in [-0.2, -0.15) is 0 Å². The zero-order valence-electron chi connectivity index (χ0n) is 19.4. The van der Waals surface area contributed by atoms with Gasteiger partial charge in [0.25, 0.3) is 0 Å². The predicted molar refractivity (Wildman–Crippen MR) is 131 cm³/mol. The van der Waals surface area contributed by atoms with Gasteiger partial charge in [-0.3, -0.25) is 4.79 Å². The molecule has 0 bridgehead atoms. The lowest BCUT2D eigenvalue weighted by atomic mass is 9.86. The third-order valence-electron chi connectivity index (χ3n) is 5.79. The summed E-state index contributed by atoms with van der Waals surface area (Å²) in [5.74, 6) is 0.364. The molecule has 0 saturated heterocycles. The summed E-state index contributed by atoms with van der Waals surface area (Å²) in [5.41, 5.74) is 5.51. The third kappa shape index (κ3) is 4.87. The van der Waals surface area contributed by atoms with Crippen LogP contribution < -0.4 is 9.47 Å². The highest BCUT2D eigenvalue weighted by molar-refractivity contribution is 5.94. The monoisotopic (exact) mass is 443 g/mol. The molecule has 0 aliphatic carbocycles. The second-order valence-corrected chi connectivity index (χ2v) is 9.20. The number of methoxy groups -OCH3 is 1. The van der Waals surface area contributed by atoms with Gasteiger partial charge in [-0.15, -0.1) is 0 Å². The van der Waals surface area contributed by atoms with Gasteiger partial charge in [0.2, 0.25) is 0 Å². The van der Waals surface area contributed by atoms with Gasteiger partial charge < -0.3 is 19.6 Å². The molecule has 0 aliphatic rings. The van der Waals surface area contributed by atoms with Gasteiger partial charge in [-0.1, -0.05) is 57.2 Å². The second kappa shape index (κ2) is 9.02. The van der Waals surface area contributed by atoms with E-state index in [9.17, 15) is 9.90 Å². The number of fused-ring (bicyclic) bond motifs is 1. The van der Waals surface area contributed by atoms with E-state index in [2.05, 4.69) is 37.9 Å². The van der Waals surface area contributed by atoms with Crippen molar-refractivity contribution in [3.8, 4) is 22.8 Å². The molecule has 2 N–H and O–H groups in total. The van der Waals surface area contributed by atoms with E-state index in [1.807, 2.05) is 54.6 Å². The van der Waals surface area contributed by atoms with Gasteiger partial charge in [0.1, 0.15) is 6.61 Å². The summed E-state index contributed by atoms with van der Waals surface area (Å²) in [7, 11) is 1.60. The predicted octanol–water partition coefficient (Wildman–Crippen LogP) is 6.35. The van der Waals surface area contributed by atoms with Gasteiger partial charge in [0, 0.05) is 16.5 Å². The normalized spacial score (nSPS) is 11.5. The molecule has 33 heavy (non-hydrogen) atoms. The Morgan fingerprint density at radius 1 is 0.970 bits per heavy atom. The number of nitrogens with one attached hydrogen (secondary N) is 1. The van der Waals surface area contributed by atoms with E-state index in [1.54, 1.807) is 7.11 Å². The van der Waals surface area contributed by atoms with E-state index < -0.39 is 5.97 Å². The number of aromatic nitrogens is 1. The molecule has 0 saturated carbocycles. The average Bonchev–Trinajstić information content (AvgIpc) is 3.14. The van der Waals surface area contributed by atoms with Crippen molar-refractivity contribution in [1.29, 1.82) is 0 Å². The van der Waals surface area contributed by atoms with Crippen molar-refractivity contribution in [1.82, 2.24) is 4.98 Å². The maximum Gasteiger partial charge on any atom is 0.307 e. The fraction of sp³-hybridized carbons (Fsp3) is 0.250. The van der Waals surface area contributed by atoms with E-state index in [0.717, 1.165) is 38.9 Å². The number of aromatic amines is 1. The van der Waals surface area contributed by atoms with Crippen LogP contribution in [0.2, 0.25) is 0 Å². The number of ether oxygens (including phenoxy) is 2. The minimum Gasteiger partial charge on any atom is -0.493 e. The van der Waals surface area contributed by atoms with E-state index in [4.69, 9.17) is 9.47 Å². The number of carbonyl (C=O) groups is 1. The first-order valence-corrected chi connectivity index (χ1v) is 11.0. The Morgan fingerprint density at radius 2 is 1.73 bits per heavy atom. The summed E-state index contributed by atoms with van der Waals surface area (Å²) in [5, 5.41) is 10.5. The Labute approximate surface area is 194 Å². The van der Waals surface area contributed by atoms with Crippen LogP contribution in [0.15, 0.2) is 66.7 Å². The van der Waals surface area contributed by atoms with Gasteiger partial charge in [-0.25, -0.2) is 0 Å². The number of rotatable bonds is 7. The zero-order valence-corrected chi connectivity index (χ0v) is 19.4. The fourth-order valence-corrected chi connectivity index (χ4v) is 3.97. The highest BCUT2D eigenvalue weighted by Crippen LogP contribution is 2.38. The molecule has 170 valence electrons. The smallest absolute Gasteiger partial charge is 0.307 e. The zero-order chi connectivity index (χ0) is 23.6. The minimum absolute atomic E-state index is 0.0346. The van der Waals surface area contributed by atoms with E-state index >= 15 is 0 Å². The summed E-state index contributed by atoms with van der Waals surface area (Å²) in [6.07, 6.45) is -0.0719. The second-order valence-electron chi connectivity index (χ2n) is 9.20. The summed E-state index contributed by atoms with van der Waals surface area (Å²) in [4.78, 5) is 15.1. The number of hydrogen-bond acceptors (Lipinski definition) is 3. The number of carboxylic acid groups (broad SMARTS) is 1. The Kier molecular flexibility index (Phi) is 6.14. The van der Waals surface area contributed by atoms with Crippen LogP contribution in [-0.2, 0) is 23.2 Å². The average molecular weight is 444 g/mol. The molecule has 0 atom stereocenters. The molecular weight excluding hydrogens is 414 g/mol. The first-order chi connectivity index (χ1) is 15.8. The number of H-pyrrole nitrogens is 1. The Morgan fingerprint density at radius 3 is 2.39 bits per heavy atom. The Bertz CT molecular complexity index is 1280. The number of hydrogen-bond donors (Lipinski definition) is 2. The van der Waals surface area contributed by atoms with Crippen LogP contribution in [-0.4, -0.2) is 23.2 Å². The molecule has 4 rings (SSSR count). The highest BCUT2D eigenvalue weighted by atomic mass is 16.5. The number of benzene rings is 3. The molecule has 1 aromatic heterocycles. The molecule has 0 unspecified atom stereocenters. The summed E-state index contributed by atoms with van der Waals surface area (Å²) in [6, 6.07) is 21.9. The summed E-state index contributed by atoms with van der Waals surface area (Å²) >= 11 is 0. The molecule has 5 heteroatoms. The van der Waals surface area contributed by atoms with Gasteiger partial charge in [-0.05, 0) is 52.4 Å². The van der Waals surface area contributed by atoms with E-state index in [-0.39, 0.29) is 11.8 Å². The summed E-state index contributed by atoms with van der Waals surface area (Å²) in [6.45, 7) is 6.88. The molecule has 0 fully saturated rings. The molecule has 0 aliphatic heterocycles. The number of carboxylic acids is 1. The molecule has 3 aromatic carbocycles. The van der Waals surface area contributed by atoms with Crippen molar-refractivity contribution in [3.05, 3.63) is 83.4 Å². The van der Waals surface area contributed by atoms with Crippen molar-refractivity contribution in [2.24, 2.45) is 0 Å². The number of aliphatic carboxylic acids is 1. The van der Waals surface area contributed by atoms with Crippen molar-refractivity contribution in [2.75, 3.05) is 7.11 Å².